The lowest BCUT2D eigenvalue weighted by Gasteiger charge is -2.43. The van der Waals surface area contributed by atoms with Crippen LogP contribution in [-0.4, -0.2) is 25.2 Å². The first-order valence-corrected chi connectivity index (χ1v) is 16.2. The Labute approximate surface area is 272 Å². The fourth-order valence-corrected chi connectivity index (χ4v) is 6.38. The molecule has 2 saturated carbocycles. The number of carbonyl (C=O) groups is 2. The molecule has 240 valence electrons. The van der Waals surface area contributed by atoms with E-state index in [9.17, 15) is 9.59 Å². The van der Waals surface area contributed by atoms with Crippen molar-refractivity contribution in [2.24, 2.45) is 10.8 Å². The lowest BCUT2D eigenvalue weighted by Crippen LogP contribution is -2.41. The van der Waals surface area contributed by atoms with Gasteiger partial charge in [-0.3, -0.25) is 9.59 Å². The van der Waals surface area contributed by atoms with E-state index in [2.05, 4.69) is 24.3 Å². The van der Waals surface area contributed by atoms with Crippen LogP contribution in [0.3, 0.4) is 0 Å². The summed E-state index contributed by atoms with van der Waals surface area (Å²) in [5, 5.41) is 0. The molecule has 0 amide bonds. The number of hydrogen-bond donors (Lipinski definition) is 0. The van der Waals surface area contributed by atoms with Gasteiger partial charge >= 0.3 is 11.9 Å². The minimum Gasteiger partial charge on any atom is -0.466 e. The Kier molecular flexibility index (Phi) is 10.5. The smallest absolute Gasteiger partial charge is 0.311 e. The second kappa shape index (κ2) is 14.7. The van der Waals surface area contributed by atoms with Gasteiger partial charge in [0.05, 0.1) is 24.0 Å². The predicted molar refractivity (Wildman–Crippen MR) is 179 cm³/mol. The van der Waals surface area contributed by atoms with E-state index in [-0.39, 0.29) is 22.8 Å². The van der Waals surface area contributed by atoms with Crippen molar-refractivity contribution in [3.8, 4) is 23.0 Å². The maximum absolute atomic E-state index is 12.0. The van der Waals surface area contributed by atoms with Crippen LogP contribution >= 0.6 is 0 Å². The van der Waals surface area contributed by atoms with Gasteiger partial charge in [0.1, 0.15) is 23.0 Å². The van der Waals surface area contributed by atoms with Gasteiger partial charge in [-0.2, -0.15) is 0 Å². The van der Waals surface area contributed by atoms with Gasteiger partial charge in [-0.1, -0.05) is 60.7 Å². The first kappa shape index (κ1) is 32.8. The lowest BCUT2D eigenvalue weighted by molar-refractivity contribution is -0.161. The first-order valence-electron chi connectivity index (χ1n) is 16.2. The van der Waals surface area contributed by atoms with E-state index in [1.165, 1.54) is 11.1 Å². The zero-order chi connectivity index (χ0) is 32.6. The van der Waals surface area contributed by atoms with Crippen LogP contribution in [0, 0.1) is 10.8 Å². The monoisotopic (exact) mass is 620 g/mol. The molecule has 2 aliphatic carbocycles. The second-order valence-corrected chi connectivity index (χ2v) is 12.7. The highest BCUT2D eigenvalue weighted by Crippen LogP contribution is 2.53. The number of benzene rings is 4. The van der Waals surface area contributed by atoms with Gasteiger partial charge in [-0.25, -0.2) is 0 Å². The normalized spacial score (nSPS) is 23.0. The van der Waals surface area contributed by atoms with Crippen molar-refractivity contribution in [3.63, 3.8) is 0 Å². The molecule has 0 aliphatic heterocycles. The molecule has 4 aromatic rings. The molecule has 6 heteroatoms. The molecule has 0 spiro atoms. The third kappa shape index (κ3) is 7.97. The maximum Gasteiger partial charge on any atom is 0.311 e. The summed E-state index contributed by atoms with van der Waals surface area (Å²) in [4.78, 5) is 24.0. The molecule has 2 aliphatic rings. The summed E-state index contributed by atoms with van der Waals surface area (Å²) in [5.41, 5.74) is 1.77. The predicted octanol–water partition coefficient (Wildman–Crippen LogP) is 9.85. The topological polar surface area (TPSA) is 71.1 Å². The number of carbonyl (C=O) groups excluding carboxylic acids is 2. The summed E-state index contributed by atoms with van der Waals surface area (Å²) in [6.07, 6.45) is 3.34. The van der Waals surface area contributed by atoms with Gasteiger partial charge < -0.3 is 18.9 Å². The third-order valence-corrected chi connectivity index (χ3v) is 8.94. The largest absolute Gasteiger partial charge is 0.466 e. The van der Waals surface area contributed by atoms with Crippen molar-refractivity contribution in [3.05, 3.63) is 120 Å². The molecule has 0 radical (unpaired) electrons. The zero-order valence-electron chi connectivity index (χ0n) is 27.2. The van der Waals surface area contributed by atoms with Crippen molar-refractivity contribution < 1.29 is 28.5 Å². The highest BCUT2D eigenvalue weighted by atomic mass is 16.5. The minimum absolute atomic E-state index is 0.0760. The number of rotatable bonds is 10. The molecule has 46 heavy (non-hydrogen) atoms. The van der Waals surface area contributed by atoms with Gasteiger partial charge in [-0.15, -0.1) is 0 Å². The SMILES string of the molecule is CCOC(=O)C1(C)CC(c2cccc(Oc3ccccc3)c2)C1.CCOC(=O)C1(C)CC(c2cccc(Oc3ccccc3)c2)C1. The Morgan fingerprint density at radius 3 is 1.24 bits per heavy atom. The van der Waals surface area contributed by atoms with Crippen LogP contribution < -0.4 is 9.47 Å². The van der Waals surface area contributed by atoms with Crippen molar-refractivity contribution in [1.29, 1.82) is 0 Å². The Morgan fingerprint density at radius 2 is 0.891 bits per heavy atom. The van der Waals surface area contributed by atoms with Crippen LogP contribution in [0.25, 0.3) is 0 Å². The Hall–Kier alpha value is -4.58. The Morgan fingerprint density at radius 1 is 0.543 bits per heavy atom. The van der Waals surface area contributed by atoms with Gasteiger partial charge in [0.25, 0.3) is 0 Å². The summed E-state index contributed by atoms with van der Waals surface area (Å²) in [7, 11) is 0. The quantitative estimate of drug-likeness (QED) is 0.164. The Balaban J connectivity index is 0.000000181. The molecule has 0 saturated heterocycles. The summed E-state index contributed by atoms with van der Waals surface area (Å²) in [6.45, 7) is 8.57. The fourth-order valence-electron chi connectivity index (χ4n) is 6.38. The summed E-state index contributed by atoms with van der Waals surface area (Å²) < 4.78 is 22.1. The first-order chi connectivity index (χ1) is 22.2. The molecule has 0 unspecified atom stereocenters. The van der Waals surface area contributed by atoms with E-state index in [4.69, 9.17) is 18.9 Å². The molecule has 2 fully saturated rings. The molecule has 0 N–H and O–H groups in total. The van der Waals surface area contributed by atoms with E-state index in [1.54, 1.807) is 0 Å². The number of para-hydroxylation sites is 2. The number of hydrogen-bond acceptors (Lipinski definition) is 6. The van der Waals surface area contributed by atoms with Crippen LogP contribution in [0.5, 0.6) is 23.0 Å². The van der Waals surface area contributed by atoms with E-state index in [0.717, 1.165) is 48.7 Å². The number of ether oxygens (including phenoxy) is 4. The average Bonchev–Trinajstić information content (AvgIpc) is 3.03. The standard InChI is InChI=1S/2C20H22O3/c2*1-3-22-19(21)20(2)13-16(14-20)15-8-7-11-18(12-15)23-17-9-5-4-6-10-17/h2*4-12,16H,3,13-14H2,1-2H3. The van der Waals surface area contributed by atoms with Crippen LogP contribution in [0.4, 0.5) is 0 Å². The van der Waals surface area contributed by atoms with Crippen molar-refractivity contribution in [2.75, 3.05) is 13.2 Å². The molecule has 0 aromatic heterocycles. The summed E-state index contributed by atoms with van der Waals surface area (Å²) in [6, 6.07) is 35.8. The molecule has 0 heterocycles. The van der Waals surface area contributed by atoms with E-state index in [0.29, 0.717) is 25.0 Å². The van der Waals surface area contributed by atoms with Gasteiger partial charge in [0, 0.05) is 0 Å². The van der Waals surface area contributed by atoms with Crippen LogP contribution in [0.15, 0.2) is 109 Å². The van der Waals surface area contributed by atoms with Crippen molar-refractivity contribution in [1.82, 2.24) is 0 Å². The number of esters is 2. The lowest BCUT2D eigenvalue weighted by atomic mass is 9.61. The van der Waals surface area contributed by atoms with Crippen molar-refractivity contribution in [2.45, 2.75) is 65.2 Å². The average molecular weight is 621 g/mol. The molecule has 0 bridgehead atoms. The molecular formula is C40H44O6. The van der Waals surface area contributed by atoms with Crippen LogP contribution in [-0.2, 0) is 19.1 Å². The summed E-state index contributed by atoms with van der Waals surface area (Å²) >= 11 is 0. The molecular weight excluding hydrogens is 576 g/mol. The highest BCUT2D eigenvalue weighted by molar-refractivity contribution is 5.78. The second-order valence-electron chi connectivity index (χ2n) is 12.7. The van der Waals surface area contributed by atoms with Gasteiger partial charge in [0.2, 0.25) is 0 Å². The molecule has 0 atom stereocenters. The van der Waals surface area contributed by atoms with Gasteiger partial charge in [-0.05, 0) is 125 Å². The minimum atomic E-state index is -0.336. The molecule has 6 nitrogen and oxygen atoms in total. The van der Waals surface area contributed by atoms with E-state index < -0.39 is 0 Å². The van der Waals surface area contributed by atoms with Crippen LogP contribution in [0.1, 0.15) is 76.3 Å². The van der Waals surface area contributed by atoms with E-state index >= 15 is 0 Å². The molecule has 6 rings (SSSR count). The van der Waals surface area contributed by atoms with Gasteiger partial charge in [0.15, 0.2) is 0 Å². The zero-order valence-corrected chi connectivity index (χ0v) is 27.2. The fraction of sp³-hybridized carbons (Fsp3) is 0.350. The third-order valence-electron chi connectivity index (χ3n) is 8.94. The summed E-state index contributed by atoms with van der Waals surface area (Å²) in [5.74, 6) is 3.95. The Bertz CT molecular complexity index is 1470. The van der Waals surface area contributed by atoms with Crippen LogP contribution in [0.2, 0.25) is 0 Å². The molecule has 4 aromatic carbocycles. The van der Waals surface area contributed by atoms with Crippen molar-refractivity contribution >= 4 is 11.9 Å². The highest BCUT2D eigenvalue weighted by Gasteiger charge is 2.48. The maximum atomic E-state index is 12.0. The van der Waals surface area contributed by atoms with E-state index in [1.807, 2.05) is 113 Å².